The molecular formula is C44H32N14. The van der Waals surface area contributed by atoms with Crippen LogP contribution in [-0.2, 0) is 0 Å². The number of nitrogens with zero attached hydrogens (tertiary/aromatic N) is 14. The largest absolute Gasteiger partial charge is 0.311 e. The van der Waals surface area contributed by atoms with Crippen molar-refractivity contribution in [2.24, 2.45) is 0 Å². The lowest BCUT2D eigenvalue weighted by Gasteiger charge is -2.26. The first-order valence-corrected chi connectivity index (χ1v) is 18.3. The van der Waals surface area contributed by atoms with Crippen molar-refractivity contribution in [3.05, 3.63) is 196 Å². The summed E-state index contributed by atoms with van der Waals surface area (Å²) in [7, 11) is 0. The van der Waals surface area contributed by atoms with E-state index < -0.39 is 0 Å². The molecule has 0 aliphatic rings. The molecule has 10 rings (SSSR count). The first-order valence-electron chi connectivity index (χ1n) is 18.3. The molecule has 0 atom stereocenters. The van der Waals surface area contributed by atoms with Gasteiger partial charge in [-0.25, -0.2) is 38.7 Å². The molecule has 14 heteroatoms. The third-order valence-electron chi connectivity index (χ3n) is 9.75. The molecule has 4 aromatic heterocycles. The quantitative estimate of drug-likeness (QED) is 0.127. The van der Waals surface area contributed by atoms with Crippen molar-refractivity contribution in [1.82, 2.24) is 59.1 Å². The molecule has 0 saturated heterocycles. The summed E-state index contributed by atoms with van der Waals surface area (Å²) in [5.41, 5.74) is 11.9. The second kappa shape index (κ2) is 15.0. The van der Waals surface area contributed by atoms with Gasteiger partial charge in [-0.05, 0) is 132 Å². The maximum Gasteiger partial charge on any atom is 0.138 e. The lowest BCUT2D eigenvalue weighted by atomic mass is 10.0. The normalized spacial score (nSPS) is 11.1. The third kappa shape index (κ3) is 6.73. The first kappa shape index (κ1) is 34.0. The van der Waals surface area contributed by atoms with Crippen LogP contribution in [0.1, 0.15) is 0 Å². The van der Waals surface area contributed by atoms with Crippen LogP contribution in [0.25, 0.3) is 33.9 Å². The van der Waals surface area contributed by atoms with Gasteiger partial charge in [0, 0.05) is 34.1 Å². The van der Waals surface area contributed by atoms with Gasteiger partial charge in [-0.3, -0.25) is 0 Å². The lowest BCUT2D eigenvalue weighted by Crippen LogP contribution is -2.10. The van der Waals surface area contributed by atoms with Gasteiger partial charge in [-0.15, -0.1) is 0 Å². The van der Waals surface area contributed by atoms with E-state index in [-0.39, 0.29) is 0 Å². The zero-order valence-electron chi connectivity index (χ0n) is 30.7. The number of benzene rings is 6. The van der Waals surface area contributed by atoms with E-state index in [1.807, 2.05) is 48.5 Å². The summed E-state index contributed by atoms with van der Waals surface area (Å²) in [4.78, 5) is 20.8. The van der Waals surface area contributed by atoms with Crippen LogP contribution in [0.3, 0.4) is 0 Å². The van der Waals surface area contributed by atoms with Gasteiger partial charge in [-0.2, -0.15) is 20.4 Å². The van der Waals surface area contributed by atoms with Crippen molar-refractivity contribution in [3.63, 3.8) is 0 Å². The minimum absolute atomic E-state index is 0.924. The fourth-order valence-corrected chi connectivity index (χ4v) is 6.88. The number of aromatic nitrogens is 12. The Kier molecular flexibility index (Phi) is 8.77. The smallest absolute Gasteiger partial charge is 0.138 e. The van der Waals surface area contributed by atoms with Gasteiger partial charge in [0.1, 0.15) is 50.6 Å². The summed E-state index contributed by atoms with van der Waals surface area (Å²) < 4.78 is 6.97. The van der Waals surface area contributed by atoms with Crippen molar-refractivity contribution >= 4 is 34.1 Å². The standard InChI is InChI=1S/C44H32N14/c1-5-39(57(41-17-9-35(10-18-41)53-29-45-25-49-53)42-19-11-36(12-20-42)54-30-46-26-50-54)6-2-33(1)34-3-7-40(8-4-34)58(43-21-13-37(14-22-43)55-31-47-27-51-55)44-23-15-38(16-24-44)56-32-48-28-52-56/h1-32H. The fraction of sp³-hybridized carbons (Fsp3) is 0. The predicted octanol–water partition coefficient (Wildman–Crippen LogP) is 8.62. The van der Waals surface area contributed by atoms with Gasteiger partial charge in [0.15, 0.2) is 0 Å². The van der Waals surface area contributed by atoms with Crippen molar-refractivity contribution < 1.29 is 0 Å². The van der Waals surface area contributed by atoms with Crippen molar-refractivity contribution in [1.29, 1.82) is 0 Å². The Morgan fingerprint density at radius 3 is 0.655 bits per heavy atom. The van der Waals surface area contributed by atoms with E-state index in [1.165, 1.54) is 25.3 Å². The Labute approximate surface area is 332 Å². The summed E-state index contributed by atoms with van der Waals surface area (Å²) in [5.74, 6) is 0. The average Bonchev–Trinajstić information content (AvgIpc) is 4.15. The van der Waals surface area contributed by atoms with E-state index in [1.54, 1.807) is 44.0 Å². The van der Waals surface area contributed by atoms with Crippen LogP contribution in [0.5, 0.6) is 0 Å². The Balaban J connectivity index is 0.957. The van der Waals surface area contributed by atoms with Crippen LogP contribution in [-0.4, -0.2) is 59.1 Å². The van der Waals surface area contributed by atoms with Gasteiger partial charge in [0.25, 0.3) is 0 Å². The molecule has 14 nitrogen and oxygen atoms in total. The molecule has 0 aliphatic heterocycles. The molecule has 0 aliphatic carbocycles. The van der Waals surface area contributed by atoms with Gasteiger partial charge >= 0.3 is 0 Å². The highest BCUT2D eigenvalue weighted by molar-refractivity contribution is 5.81. The minimum Gasteiger partial charge on any atom is -0.311 e. The second-order valence-corrected chi connectivity index (χ2v) is 13.2. The number of rotatable bonds is 11. The zero-order valence-corrected chi connectivity index (χ0v) is 30.7. The molecule has 4 heterocycles. The van der Waals surface area contributed by atoms with Gasteiger partial charge in [-0.1, -0.05) is 24.3 Å². The SMILES string of the molecule is c1ncn(-c2ccc(N(c3ccc(-c4ccc(N(c5ccc(-n6cncn6)cc5)c5ccc(-n6cncn6)cc5)cc4)cc3)c3ccc(-n4cncn4)cc3)cc2)n1. The highest BCUT2D eigenvalue weighted by Gasteiger charge is 2.16. The second-order valence-electron chi connectivity index (χ2n) is 13.2. The van der Waals surface area contributed by atoms with Crippen LogP contribution in [0.2, 0.25) is 0 Å². The van der Waals surface area contributed by atoms with E-state index in [2.05, 4.69) is 147 Å². The van der Waals surface area contributed by atoms with Crippen LogP contribution in [0, 0.1) is 0 Å². The third-order valence-corrected chi connectivity index (χ3v) is 9.75. The molecule has 58 heavy (non-hydrogen) atoms. The molecule has 0 unspecified atom stereocenters. The van der Waals surface area contributed by atoms with Crippen molar-refractivity contribution in [3.8, 4) is 33.9 Å². The highest BCUT2D eigenvalue weighted by atomic mass is 15.3. The summed E-state index contributed by atoms with van der Waals surface area (Å²) >= 11 is 0. The minimum atomic E-state index is 0.924. The van der Waals surface area contributed by atoms with Crippen molar-refractivity contribution in [2.45, 2.75) is 0 Å². The molecule has 0 saturated carbocycles. The van der Waals surface area contributed by atoms with E-state index >= 15 is 0 Å². The molecule has 0 fully saturated rings. The zero-order chi connectivity index (χ0) is 38.7. The predicted molar refractivity (Wildman–Crippen MR) is 221 cm³/mol. The van der Waals surface area contributed by atoms with Crippen LogP contribution >= 0.6 is 0 Å². The van der Waals surface area contributed by atoms with Gasteiger partial charge < -0.3 is 9.80 Å². The molecule has 0 spiro atoms. The van der Waals surface area contributed by atoms with E-state index in [9.17, 15) is 0 Å². The number of hydrogen-bond donors (Lipinski definition) is 0. The van der Waals surface area contributed by atoms with E-state index in [0.717, 1.165) is 68.0 Å². The lowest BCUT2D eigenvalue weighted by molar-refractivity contribution is 0.878. The Morgan fingerprint density at radius 2 is 0.466 bits per heavy atom. The highest BCUT2D eigenvalue weighted by Crippen LogP contribution is 2.39. The molecule has 0 bridgehead atoms. The van der Waals surface area contributed by atoms with E-state index in [4.69, 9.17) is 0 Å². The average molecular weight is 757 g/mol. The van der Waals surface area contributed by atoms with Crippen LogP contribution in [0.4, 0.5) is 34.1 Å². The summed E-state index contributed by atoms with van der Waals surface area (Å²) in [6.07, 6.45) is 12.9. The number of anilines is 6. The topological polar surface area (TPSA) is 129 Å². The molecule has 0 amide bonds. The Hall–Kier alpha value is -8.52. The summed E-state index contributed by atoms with van der Waals surface area (Å²) in [6.45, 7) is 0. The monoisotopic (exact) mass is 756 g/mol. The van der Waals surface area contributed by atoms with Crippen molar-refractivity contribution in [2.75, 3.05) is 9.80 Å². The van der Waals surface area contributed by atoms with Crippen LogP contribution in [0.15, 0.2) is 196 Å². The first-order chi connectivity index (χ1) is 28.7. The van der Waals surface area contributed by atoms with E-state index in [0.29, 0.717) is 0 Å². The summed E-state index contributed by atoms with van der Waals surface area (Å²) in [5, 5.41) is 17.1. The molecule has 10 aromatic rings. The maximum atomic E-state index is 4.29. The Morgan fingerprint density at radius 1 is 0.259 bits per heavy atom. The van der Waals surface area contributed by atoms with Gasteiger partial charge in [0.2, 0.25) is 0 Å². The van der Waals surface area contributed by atoms with Gasteiger partial charge in [0.05, 0.1) is 22.7 Å². The molecular weight excluding hydrogens is 725 g/mol. The molecule has 0 N–H and O–H groups in total. The maximum absolute atomic E-state index is 4.29. The molecule has 278 valence electrons. The van der Waals surface area contributed by atoms with Crippen LogP contribution < -0.4 is 9.80 Å². The molecule has 0 radical (unpaired) electrons. The Bertz CT molecular complexity index is 2460. The molecule has 6 aromatic carbocycles. The fourth-order valence-electron chi connectivity index (χ4n) is 6.88. The summed E-state index contributed by atoms with van der Waals surface area (Å²) in [6, 6.07) is 50.3. The number of hydrogen-bond acceptors (Lipinski definition) is 10.